The minimum Gasteiger partial charge on any atom is -0.330 e. The predicted octanol–water partition coefficient (Wildman–Crippen LogP) is 1.99. The van der Waals surface area contributed by atoms with Gasteiger partial charge in [-0.2, -0.15) is 0 Å². The van der Waals surface area contributed by atoms with E-state index in [0.29, 0.717) is 31.3 Å². The zero-order valence-corrected chi connectivity index (χ0v) is 13.4. The minimum absolute atomic E-state index is 0. The minimum atomic E-state index is -3.06. The van der Waals surface area contributed by atoms with Crippen molar-refractivity contribution < 1.29 is 8.42 Å². The summed E-state index contributed by atoms with van der Waals surface area (Å²) in [5, 5.41) is 0. The lowest BCUT2D eigenvalue weighted by Crippen LogP contribution is -2.37. The largest absolute Gasteiger partial charge is 0.330 e. The van der Waals surface area contributed by atoms with E-state index in [9.17, 15) is 8.42 Å². The van der Waals surface area contributed by atoms with E-state index in [1.165, 1.54) is 19.3 Å². The van der Waals surface area contributed by atoms with Crippen LogP contribution in [0.1, 0.15) is 45.4 Å². The van der Waals surface area contributed by atoms with Crippen LogP contribution in [0.15, 0.2) is 0 Å². The fourth-order valence-corrected chi connectivity index (χ4v) is 5.16. The second kappa shape index (κ2) is 6.74. The fourth-order valence-electron chi connectivity index (χ4n) is 3.14. The maximum absolute atomic E-state index is 12.4. The van der Waals surface area contributed by atoms with Crippen LogP contribution in [0.25, 0.3) is 0 Å². The summed E-state index contributed by atoms with van der Waals surface area (Å²) in [5.41, 5.74) is 5.72. The van der Waals surface area contributed by atoms with Gasteiger partial charge in [0, 0.05) is 13.1 Å². The van der Waals surface area contributed by atoms with Gasteiger partial charge in [0.1, 0.15) is 0 Å². The van der Waals surface area contributed by atoms with Gasteiger partial charge in [-0.1, -0.05) is 26.2 Å². The van der Waals surface area contributed by atoms with Crippen LogP contribution >= 0.6 is 12.4 Å². The monoisotopic (exact) mass is 310 g/mol. The van der Waals surface area contributed by atoms with E-state index in [4.69, 9.17) is 5.73 Å². The molecule has 2 aliphatic rings. The highest BCUT2D eigenvalue weighted by molar-refractivity contribution is 7.89. The Morgan fingerprint density at radius 3 is 2.42 bits per heavy atom. The number of nitrogens with two attached hydrogens (primary N) is 1. The Labute approximate surface area is 123 Å². The third-order valence-corrected chi connectivity index (χ3v) is 6.57. The van der Waals surface area contributed by atoms with Crippen molar-refractivity contribution in [3.05, 3.63) is 0 Å². The summed E-state index contributed by atoms with van der Waals surface area (Å²) in [6.45, 7) is 3.92. The van der Waals surface area contributed by atoms with Crippen molar-refractivity contribution >= 4 is 22.4 Å². The van der Waals surface area contributed by atoms with Crippen molar-refractivity contribution in [3.8, 4) is 0 Å². The van der Waals surface area contributed by atoms with E-state index < -0.39 is 10.0 Å². The summed E-state index contributed by atoms with van der Waals surface area (Å²) in [6.07, 6.45) is 6.72. The van der Waals surface area contributed by atoms with E-state index >= 15 is 0 Å². The molecule has 1 atom stereocenters. The molecule has 0 amide bonds. The second-order valence-electron chi connectivity index (χ2n) is 6.38. The van der Waals surface area contributed by atoms with Gasteiger partial charge in [0.15, 0.2) is 0 Å². The molecule has 2 rings (SSSR count). The summed E-state index contributed by atoms with van der Waals surface area (Å²) in [5.74, 6) is 0.738. The van der Waals surface area contributed by atoms with E-state index in [-0.39, 0.29) is 17.8 Å². The predicted molar refractivity (Wildman–Crippen MR) is 81.0 cm³/mol. The van der Waals surface area contributed by atoms with Crippen LogP contribution in [-0.2, 0) is 10.0 Å². The van der Waals surface area contributed by atoms with Gasteiger partial charge in [0.25, 0.3) is 0 Å². The maximum Gasteiger partial charge on any atom is 0.214 e. The molecule has 6 heteroatoms. The van der Waals surface area contributed by atoms with Gasteiger partial charge in [0.2, 0.25) is 10.0 Å². The summed E-state index contributed by atoms with van der Waals surface area (Å²) >= 11 is 0. The number of hydrogen-bond acceptors (Lipinski definition) is 3. The van der Waals surface area contributed by atoms with E-state index in [1.807, 2.05) is 0 Å². The molecule has 19 heavy (non-hydrogen) atoms. The number of hydrogen-bond donors (Lipinski definition) is 1. The molecule has 1 heterocycles. The summed E-state index contributed by atoms with van der Waals surface area (Å²) < 4.78 is 26.5. The highest BCUT2D eigenvalue weighted by Gasteiger charge is 2.39. The molecule has 1 aliphatic carbocycles. The van der Waals surface area contributed by atoms with Gasteiger partial charge in [-0.05, 0) is 37.1 Å². The molecule has 0 aromatic rings. The van der Waals surface area contributed by atoms with Gasteiger partial charge < -0.3 is 5.73 Å². The van der Waals surface area contributed by atoms with Gasteiger partial charge in [-0.15, -0.1) is 12.4 Å². The molecule has 0 aromatic carbocycles. The number of rotatable bonds is 4. The molecule has 1 saturated heterocycles. The SMILES string of the molecule is CC1(CN)CCN(S(=O)(=O)CC2CCCCC2)C1.Cl. The van der Waals surface area contributed by atoms with Gasteiger partial charge >= 0.3 is 0 Å². The van der Waals surface area contributed by atoms with Crippen LogP contribution < -0.4 is 5.73 Å². The zero-order valence-electron chi connectivity index (χ0n) is 11.8. The Kier molecular flexibility index (Phi) is 6.11. The topological polar surface area (TPSA) is 63.4 Å². The molecule has 0 aromatic heterocycles. The van der Waals surface area contributed by atoms with Crippen molar-refractivity contribution in [1.82, 2.24) is 4.31 Å². The Bertz CT molecular complexity index is 382. The molecular weight excluding hydrogens is 284 g/mol. The average Bonchev–Trinajstić information content (AvgIpc) is 2.74. The second-order valence-corrected chi connectivity index (χ2v) is 8.39. The van der Waals surface area contributed by atoms with Crippen LogP contribution in [0.3, 0.4) is 0 Å². The smallest absolute Gasteiger partial charge is 0.214 e. The molecule has 2 N–H and O–H groups in total. The lowest BCUT2D eigenvalue weighted by Gasteiger charge is -2.26. The first kappa shape index (κ1) is 17.2. The number of sulfonamides is 1. The Morgan fingerprint density at radius 2 is 1.89 bits per heavy atom. The van der Waals surface area contributed by atoms with Crippen LogP contribution in [-0.4, -0.2) is 38.1 Å². The lowest BCUT2D eigenvalue weighted by atomic mass is 9.90. The zero-order chi connectivity index (χ0) is 13.2. The summed E-state index contributed by atoms with van der Waals surface area (Å²) in [4.78, 5) is 0. The standard InChI is InChI=1S/C13H26N2O2S.ClH/c1-13(10-14)7-8-15(11-13)18(16,17)9-12-5-3-2-4-6-12;/h12H,2-11,14H2,1H3;1H. The van der Waals surface area contributed by atoms with Gasteiger partial charge in [-0.3, -0.25) is 0 Å². The first-order valence-corrected chi connectivity index (χ1v) is 8.74. The van der Waals surface area contributed by atoms with Crippen LogP contribution in [0.4, 0.5) is 0 Å². The van der Waals surface area contributed by atoms with Crippen molar-refractivity contribution in [2.45, 2.75) is 45.4 Å². The van der Waals surface area contributed by atoms with Crippen molar-refractivity contribution in [1.29, 1.82) is 0 Å². The molecule has 114 valence electrons. The first-order chi connectivity index (χ1) is 8.45. The lowest BCUT2D eigenvalue weighted by molar-refractivity contribution is 0.343. The first-order valence-electron chi connectivity index (χ1n) is 7.13. The van der Waals surface area contributed by atoms with Crippen LogP contribution in [0, 0.1) is 11.3 Å². The van der Waals surface area contributed by atoms with Crippen molar-refractivity contribution in [3.63, 3.8) is 0 Å². The van der Waals surface area contributed by atoms with Gasteiger partial charge in [0.05, 0.1) is 5.75 Å². The normalized spacial score (nSPS) is 30.2. The van der Waals surface area contributed by atoms with Crippen molar-refractivity contribution in [2.75, 3.05) is 25.4 Å². The highest BCUT2D eigenvalue weighted by Crippen LogP contribution is 2.32. The Hall–Kier alpha value is 0.160. The quantitative estimate of drug-likeness (QED) is 0.863. The third-order valence-electron chi connectivity index (χ3n) is 4.58. The fraction of sp³-hybridized carbons (Fsp3) is 1.00. The van der Waals surface area contributed by atoms with E-state index in [1.54, 1.807) is 4.31 Å². The van der Waals surface area contributed by atoms with Gasteiger partial charge in [-0.25, -0.2) is 12.7 Å². The molecular formula is C13H27ClN2O2S. The molecule has 4 nitrogen and oxygen atoms in total. The number of halogens is 1. The Morgan fingerprint density at radius 1 is 1.26 bits per heavy atom. The summed E-state index contributed by atoms with van der Waals surface area (Å²) in [6, 6.07) is 0. The number of nitrogens with zero attached hydrogens (tertiary/aromatic N) is 1. The average molecular weight is 311 g/mol. The van der Waals surface area contributed by atoms with Crippen LogP contribution in [0.5, 0.6) is 0 Å². The van der Waals surface area contributed by atoms with E-state index in [2.05, 4.69) is 6.92 Å². The summed E-state index contributed by atoms with van der Waals surface area (Å²) in [7, 11) is -3.06. The molecule has 1 aliphatic heterocycles. The maximum atomic E-state index is 12.4. The van der Waals surface area contributed by atoms with Crippen LogP contribution in [0.2, 0.25) is 0 Å². The molecule has 0 bridgehead atoms. The van der Waals surface area contributed by atoms with E-state index in [0.717, 1.165) is 19.3 Å². The molecule has 2 fully saturated rings. The Balaban J connectivity index is 0.00000180. The molecule has 0 spiro atoms. The molecule has 1 unspecified atom stereocenters. The molecule has 0 radical (unpaired) electrons. The highest BCUT2D eigenvalue weighted by atomic mass is 35.5. The third kappa shape index (κ3) is 4.31. The van der Waals surface area contributed by atoms with Crippen molar-refractivity contribution in [2.24, 2.45) is 17.1 Å². The molecule has 1 saturated carbocycles.